The zero-order valence-electron chi connectivity index (χ0n) is 13.4. The third kappa shape index (κ3) is 4.03. The molecule has 0 unspecified atom stereocenters. The fraction of sp³-hybridized carbons (Fsp3) is 0.333. The lowest BCUT2D eigenvalue weighted by Crippen LogP contribution is -1.94. The molecule has 0 heterocycles. The molecule has 0 aliphatic rings. The molecule has 0 fully saturated rings. The van der Waals surface area contributed by atoms with Gasteiger partial charge in [0.05, 0.1) is 0 Å². The predicted molar refractivity (Wildman–Crippen MR) is 87.7 cm³/mol. The number of aryl methyl sites for hydroxylation is 1. The van der Waals surface area contributed by atoms with Crippen LogP contribution in [0.4, 0.5) is 8.78 Å². The molecule has 0 radical (unpaired) electrons. The minimum absolute atomic E-state index is 0.0186. The molecule has 0 saturated carbocycles. The molecule has 2 aromatic rings. The Morgan fingerprint density at radius 3 is 2.10 bits per heavy atom. The van der Waals surface area contributed by atoms with E-state index in [4.69, 9.17) is 0 Å². The van der Waals surface area contributed by atoms with Crippen molar-refractivity contribution in [1.82, 2.24) is 0 Å². The van der Waals surface area contributed by atoms with Crippen molar-refractivity contribution in [2.24, 2.45) is 0 Å². The molecular weight excluding hydrogens is 270 g/mol. The summed E-state index contributed by atoms with van der Waals surface area (Å²) in [7, 11) is 0. The summed E-state index contributed by atoms with van der Waals surface area (Å²) in [5, 5.41) is 10.2. The van der Waals surface area contributed by atoms with Gasteiger partial charge in [0.15, 0.2) is 0 Å². The molecule has 0 amide bonds. The van der Waals surface area contributed by atoms with Gasteiger partial charge in [0.2, 0.25) is 0 Å². The van der Waals surface area contributed by atoms with E-state index in [9.17, 15) is 13.9 Å². The second-order valence-electron chi connectivity index (χ2n) is 3.84. The van der Waals surface area contributed by atoms with Crippen molar-refractivity contribution in [1.29, 1.82) is 0 Å². The smallest absolute Gasteiger partial charge is 0.134 e. The Hall–Kier alpha value is -1.90. The van der Waals surface area contributed by atoms with E-state index < -0.39 is 11.6 Å². The normalized spacial score (nSPS) is 9.29. The fourth-order valence-corrected chi connectivity index (χ4v) is 2.06. The van der Waals surface area contributed by atoms with Gasteiger partial charge >= 0.3 is 0 Å². The van der Waals surface area contributed by atoms with Crippen molar-refractivity contribution < 1.29 is 13.9 Å². The Kier molecular flexibility index (Phi) is 8.29. The van der Waals surface area contributed by atoms with E-state index in [0.717, 1.165) is 6.07 Å². The maximum absolute atomic E-state index is 13.7. The molecule has 0 aromatic heterocycles. The van der Waals surface area contributed by atoms with Gasteiger partial charge in [-0.15, -0.1) is 0 Å². The zero-order valence-corrected chi connectivity index (χ0v) is 13.4. The van der Waals surface area contributed by atoms with E-state index in [1.165, 1.54) is 18.2 Å². The number of hydrogen-bond donors (Lipinski definition) is 1. The van der Waals surface area contributed by atoms with Crippen LogP contribution in [0.5, 0.6) is 5.75 Å². The second-order valence-corrected chi connectivity index (χ2v) is 3.84. The summed E-state index contributed by atoms with van der Waals surface area (Å²) in [6.45, 7) is 13.4. The Balaban J connectivity index is 0.000000921. The minimum atomic E-state index is -0.672. The average molecular weight is 294 g/mol. The quantitative estimate of drug-likeness (QED) is 0.711. The topological polar surface area (TPSA) is 20.2 Å². The maximum Gasteiger partial charge on any atom is 0.134 e. The van der Waals surface area contributed by atoms with Gasteiger partial charge in [0.1, 0.15) is 17.4 Å². The highest BCUT2D eigenvalue weighted by Gasteiger charge is 2.14. The molecule has 0 bridgehead atoms. The van der Waals surface area contributed by atoms with Gasteiger partial charge in [-0.3, -0.25) is 0 Å². The molecule has 3 heteroatoms. The number of phenols is 1. The van der Waals surface area contributed by atoms with Crippen LogP contribution in [-0.2, 0) is 6.42 Å². The van der Waals surface area contributed by atoms with Gasteiger partial charge in [-0.05, 0) is 29.5 Å². The highest BCUT2D eigenvalue weighted by Crippen LogP contribution is 2.32. The lowest BCUT2D eigenvalue weighted by molar-refractivity contribution is 0.475. The molecule has 0 spiro atoms. The van der Waals surface area contributed by atoms with Crippen molar-refractivity contribution in [2.75, 3.05) is 0 Å². The molecule has 21 heavy (non-hydrogen) atoms. The Morgan fingerprint density at radius 1 is 1.05 bits per heavy atom. The van der Waals surface area contributed by atoms with E-state index in [-0.39, 0.29) is 16.7 Å². The van der Waals surface area contributed by atoms with Crippen LogP contribution in [-0.4, -0.2) is 5.11 Å². The monoisotopic (exact) mass is 294 g/mol. The van der Waals surface area contributed by atoms with E-state index in [0.29, 0.717) is 17.4 Å². The van der Waals surface area contributed by atoms with Crippen LogP contribution in [0.15, 0.2) is 24.8 Å². The summed E-state index contributed by atoms with van der Waals surface area (Å²) in [5.74, 6) is -1.33. The lowest BCUT2D eigenvalue weighted by Gasteiger charge is -2.11. The first-order chi connectivity index (χ1) is 10.1. The van der Waals surface area contributed by atoms with E-state index in [1.54, 1.807) is 0 Å². The molecule has 0 atom stereocenters. The molecular formula is C18H24F2O. The van der Waals surface area contributed by atoms with Crippen molar-refractivity contribution in [3.63, 3.8) is 0 Å². The predicted octanol–water partition coefficient (Wildman–Crippen LogP) is 6.08. The highest BCUT2D eigenvalue weighted by molar-refractivity contribution is 5.94. The molecule has 2 rings (SSSR count). The molecule has 2 aromatic carbocycles. The van der Waals surface area contributed by atoms with Crippen molar-refractivity contribution >= 4 is 16.8 Å². The third-order valence-corrected chi connectivity index (χ3v) is 2.83. The summed E-state index contributed by atoms with van der Waals surface area (Å²) in [6, 6.07) is 3.64. The van der Waals surface area contributed by atoms with Gasteiger partial charge in [-0.25, -0.2) is 8.78 Å². The molecule has 116 valence electrons. The first-order valence-corrected chi connectivity index (χ1v) is 7.34. The maximum atomic E-state index is 13.7. The van der Waals surface area contributed by atoms with Crippen LogP contribution in [0.3, 0.4) is 0 Å². The number of benzene rings is 2. The molecule has 1 N–H and O–H groups in total. The fourth-order valence-electron chi connectivity index (χ4n) is 2.06. The third-order valence-electron chi connectivity index (χ3n) is 2.83. The van der Waals surface area contributed by atoms with E-state index >= 15 is 0 Å². The molecule has 0 saturated heterocycles. The lowest BCUT2D eigenvalue weighted by atomic mass is 9.96. The van der Waals surface area contributed by atoms with Crippen LogP contribution in [0.2, 0.25) is 0 Å². The Labute approximate surface area is 125 Å². The van der Waals surface area contributed by atoms with Crippen molar-refractivity contribution in [3.05, 3.63) is 47.5 Å². The second kappa shape index (κ2) is 9.11. The van der Waals surface area contributed by atoms with Crippen LogP contribution in [0.25, 0.3) is 16.8 Å². The number of hydrogen-bond acceptors (Lipinski definition) is 1. The first-order valence-electron chi connectivity index (χ1n) is 7.34. The first kappa shape index (κ1) is 19.1. The summed E-state index contributed by atoms with van der Waals surface area (Å²) in [6.07, 6.45) is 1.95. The summed E-state index contributed by atoms with van der Waals surface area (Å²) in [4.78, 5) is 0. The molecule has 0 aliphatic carbocycles. The molecule has 1 nitrogen and oxygen atoms in total. The van der Waals surface area contributed by atoms with Crippen LogP contribution >= 0.6 is 0 Å². The van der Waals surface area contributed by atoms with Crippen molar-refractivity contribution in [2.45, 2.75) is 41.0 Å². The van der Waals surface area contributed by atoms with Gasteiger partial charge in [-0.2, -0.15) is 0 Å². The van der Waals surface area contributed by atoms with Crippen LogP contribution < -0.4 is 0 Å². The zero-order chi connectivity index (χ0) is 16.6. The van der Waals surface area contributed by atoms with Gasteiger partial charge in [0.25, 0.3) is 0 Å². The summed E-state index contributed by atoms with van der Waals surface area (Å²) in [5.41, 5.74) is 0.978. The van der Waals surface area contributed by atoms with Crippen LogP contribution in [0.1, 0.15) is 45.7 Å². The number of aromatic hydroxyl groups is 1. The SMILES string of the molecule is C=Cc1c(F)cc(F)c2cc(O)cc(CC)c12.CC.CC. The van der Waals surface area contributed by atoms with Crippen LogP contribution in [0, 0.1) is 11.6 Å². The van der Waals surface area contributed by atoms with Gasteiger partial charge in [0, 0.05) is 17.0 Å². The number of phenolic OH excluding ortho intramolecular Hbond substituents is 1. The number of halogens is 2. The van der Waals surface area contributed by atoms with Gasteiger partial charge < -0.3 is 5.11 Å². The average Bonchev–Trinajstić information content (AvgIpc) is 2.51. The van der Waals surface area contributed by atoms with Crippen molar-refractivity contribution in [3.8, 4) is 5.75 Å². The largest absolute Gasteiger partial charge is 0.508 e. The van der Waals surface area contributed by atoms with E-state index in [1.807, 2.05) is 34.6 Å². The van der Waals surface area contributed by atoms with Gasteiger partial charge in [-0.1, -0.05) is 47.3 Å². The Bertz CT molecular complexity index is 604. The number of fused-ring (bicyclic) bond motifs is 1. The van der Waals surface area contributed by atoms with E-state index in [2.05, 4.69) is 6.58 Å². The highest BCUT2D eigenvalue weighted by atomic mass is 19.1. The summed E-state index contributed by atoms with van der Waals surface area (Å²) >= 11 is 0. The minimum Gasteiger partial charge on any atom is -0.508 e. The number of rotatable bonds is 2. The summed E-state index contributed by atoms with van der Waals surface area (Å²) < 4.78 is 27.3. The Morgan fingerprint density at radius 2 is 1.62 bits per heavy atom. The standard InChI is InChI=1S/C14H12F2O.2C2H6/c1-3-8-5-9(17)6-11-13(16)7-12(15)10(4-2)14(8)11;2*1-2/h4-7,17H,2-3H2,1H3;2*1-2H3. The molecule has 0 aliphatic heterocycles.